The van der Waals surface area contributed by atoms with E-state index in [1.807, 2.05) is 6.07 Å². The standard InChI is InChI=1S/C24H39N6P/c1-5-6-7-22-27-21(15-25)23(28-22)19-14-18(8-9-20(19)26)30-12-10-29(11-13-30)16-24(2,3)17-31-4/h8-9,14-15,25,31H,5-7,10-13,16-17,26H2,1-4H3,(H,27,28). The predicted molar refractivity (Wildman–Crippen MR) is 136 cm³/mol. The summed E-state index contributed by atoms with van der Waals surface area (Å²) in [5.41, 5.74) is 11.1. The van der Waals surface area contributed by atoms with Crippen molar-refractivity contribution >= 4 is 26.2 Å². The maximum Gasteiger partial charge on any atom is 0.107 e. The van der Waals surface area contributed by atoms with Gasteiger partial charge in [0.25, 0.3) is 0 Å². The minimum atomic E-state index is 0.391. The molecule has 1 atom stereocenters. The average molecular weight is 443 g/mol. The topological polar surface area (TPSA) is 85.0 Å². The molecule has 0 spiro atoms. The quantitative estimate of drug-likeness (QED) is 0.288. The van der Waals surface area contributed by atoms with Crippen LogP contribution < -0.4 is 10.6 Å². The molecule has 0 bridgehead atoms. The fourth-order valence-electron chi connectivity index (χ4n) is 4.46. The number of anilines is 2. The van der Waals surface area contributed by atoms with Crippen LogP contribution in [0.1, 0.15) is 45.1 Å². The van der Waals surface area contributed by atoms with E-state index in [1.165, 1.54) is 24.6 Å². The Labute approximate surface area is 189 Å². The Kier molecular flexibility index (Phi) is 8.12. The maximum absolute atomic E-state index is 7.82. The second kappa shape index (κ2) is 10.6. The molecule has 1 aliphatic rings. The van der Waals surface area contributed by atoms with Gasteiger partial charge in [-0.05, 0) is 42.9 Å². The molecule has 170 valence electrons. The number of aromatic amines is 1. The van der Waals surface area contributed by atoms with E-state index < -0.39 is 0 Å². The van der Waals surface area contributed by atoms with E-state index in [2.05, 4.69) is 54.4 Å². The van der Waals surface area contributed by atoms with Crippen LogP contribution in [0.2, 0.25) is 0 Å². The van der Waals surface area contributed by atoms with Crippen LogP contribution in [0.4, 0.5) is 11.4 Å². The van der Waals surface area contributed by atoms with Crippen molar-refractivity contribution in [3.63, 3.8) is 0 Å². The van der Waals surface area contributed by atoms with Crippen molar-refractivity contribution in [1.29, 1.82) is 5.41 Å². The second-order valence-electron chi connectivity index (χ2n) is 9.42. The summed E-state index contributed by atoms with van der Waals surface area (Å²) in [4.78, 5) is 13.1. The summed E-state index contributed by atoms with van der Waals surface area (Å²) in [6.45, 7) is 14.6. The van der Waals surface area contributed by atoms with E-state index in [0.29, 0.717) is 11.1 Å². The molecule has 1 fully saturated rings. The summed E-state index contributed by atoms with van der Waals surface area (Å²) in [6, 6.07) is 6.25. The molecule has 1 saturated heterocycles. The number of piperazine rings is 1. The highest BCUT2D eigenvalue weighted by atomic mass is 31.1. The Morgan fingerprint density at radius 1 is 1.26 bits per heavy atom. The summed E-state index contributed by atoms with van der Waals surface area (Å²) in [6.07, 6.45) is 5.75. The average Bonchev–Trinajstić information content (AvgIpc) is 3.16. The number of imidazole rings is 1. The molecule has 7 heteroatoms. The van der Waals surface area contributed by atoms with Crippen molar-refractivity contribution in [2.75, 3.05) is 56.2 Å². The van der Waals surface area contributed by atoms with Crippen LogP contribution in [0.5, 0.6) is 0 Å². The van der Waals surface area contributed by atoms with E-state index in [1.54, 1.807) is 0 Å². The van der Waals surface area contributed by atoms with E-state index in [4.69, 9.17) is 16.1 Å². The van der Waals surface area contributed by atoms with Gasteiger partial charge in [-0.15, -0.1) is 8.58 Å². The highest BCUT2D eigenvalue weighted by Crippen LogP contribution is 2.32. The molecule has 6 nitrogen and oxygen atoms in total. The highest BCUT2D eigenvalue weighted by molar-refractivity contribution is 7.37. The Balaban J connectivity index is 1.74. The normalized spacial score (nSPS) is 15.8. The molecule has 1 aromatic carbocycles. The third-order valence-corrected chi connectivity index (χ3v) is 7.34. The number of rotatable bonds is 10. The molecule has 2 aromatic rings. The smallest absolute Gasteiger partial charge is 0.107 e. The van der Waals surface area contributed by atoms with Crippen molar-refractivity contribution in [3.8, 4) is 11.3 Å². The Morgan fingerprint density at radius 3 is 2.65 bits per heavy atom. The highest BCUT2D eigenvalue weighted by Gasteiger charge is 2.25. The molecule has 1 aliphatic heterocycles. The fourth-order valence-corrected chi connectivity index (χ4v) is 5.53. The molecule has 0 radical (unpaired) electrons. The Morgan fingerprint density at radius 2 is 2.00 bits per heavy atom. The van der Waals surface area contributed by atoms with Crippen LogP contribution in [-0.4, -0.2) is 66.6 Å². The molecule has 1 aromatic heterocycles. The number of unbranched alkanes of at least 4 members (excludes halogenated alkanes) is 1. The van der Waals surface area contributed by atoms with Crippen molar-refractivity contribution in [2.24, 2.45) is 5.41 Å². The predicted octanol–water partition coefficient (Wildman–Crippen LogP) is 4.46. The summed E-state index contributed by atoms with van der Waals surface area (Å²) >= 11 is 0. The summed E-state index contributed by atoms with van der Waals surface area (Å²) < 4.78 is 0. The first-order valence-corrected chi connectivity index (χ1v) is 13.2. The first-order valence-electron chi connectivity index (χ1n) is 11.5. The van der Waals surface area contributed by atoms with Crippen LogP contribution in [0, 0.1) is 10.8 Å². The monoisotopic (exact) mass is 442 g/mol. The number of aryl methyl sites for hydroxylation is 1. The zero-order valence-electron chi connectivity index (χ0n) is 19.6. The lowest BCUT2D eigenvalue weighted by Crippen LogP contribution is -2.49. The van der Waals surface area contributed by atoms with Crippen LogP contribution >= 0.6 is 8.58 Å². The van der Waals surface area contributed by atoms with Gasteiger partial charge in [0.15, 0.2) is 0 Å². The molecule has 0 saturated carbocycles. The number of hydrogen-bond acceptors (Lipinski definition) is 5. The number of hydrogen-bond donors (Lipinski definition) is 3. The van der Waals surface area contributed by atoms with Gasteiger partial charge < -0.3 is 21.0 Å². The number of H-pyrrole nitrogens is 1. The van der Waals surface area contributed by atoms with Gasteiger partial charge in [0.2, 0.25) is 0 Å². The van der Waals surface area contributed by atoms with Crippen LogP contribution in [0.3, 0.4) is 0 Å². The third kappa shape index (κ3) is 6.08. The van der Waals surface area contributed by atoms with Gasteiger partial charge in [-0.2, -0.15) is 0 Å². The SMILES string of the molecule is CCCCc1nc(-c2cc(N3CCN(CC(C)(C)CPC)CC3)ccc2N)c(C=N)[nH]1. The molecular weight excluding hydrogens is 403 g/mol. The zero-order chi connectivity index (χ0) is 22.4. The first kappa shape index (κ1) is 23.7. The van der Waals surface area contributed by atoms with Crippen molar-refractivity contribution in [2.45, 2.75) is 40.0 Å². The van der Waals surface area contributed by atoms with Crippen molar-refractivity contribution < 1.29 is 0 Å². The van der Waals surface area contributed by atoms with E-state index in [9.17, 15) is 0 Å². The van der Waals surface area contributed by atoms with Crippen LogP contribution in [-0.2, 0) is 6.42 Å². The lowest BCUT2D eigenvalue weighted by atomic mass is 9.95. The number of aromatic nitrogens is 2. The molecule has 31 heavy (non-hydrogen) atoms. The summed E-state index contributed by atoms with van der Waals surface area (Å²) in [7, 11) is 1.01. The zero-order valence-corrected chi connectivity index (χ0v) is 20.6. The number of nitrogens with one attached hydrogen (secondary N) is 2. The van der Waals surface area contributed by atoms with Crippen LogP contribution in [0.25, 0.3) is 11.3 Å². The van der Waals surface area contributed by atoms with E-state index in [-0.39, 0.29) is 0 Å². The molecule has 3 rings (SSSR count). The molecule has 2 heterocycles. The molecule has 0 amide bonds. The molecular formula is C24H39N6P. The second-order valence-corrected chi connectivity index (χ2v) is 10.5. The fraction of sp³-hybridized carbons (Fsp3) is 0.583. The largest absolute Gasteiger partial charge is 0.398 e. The lowest BCUT2D eigenvalue weighted by Gasteiger charge is -2.40. The first-order chi connectivity index (χ1) is 14.9. The third-order valence-electron chi connectivity index (χ3n) is 6.03. The van der Waals surface area contributed by atoms with Gasteiger partial charge in [-0.25, -0.2) is 4.98 Å². The van der Waals surface area contributed by atoms with E-state index >= 15 is 0 Å². The van der Waals surface area contributed by atoms with Gasteiger partial charge in [-0.1, -0.05) is 27.2 Å². The van der Waals surface area contributed by atoms with Crippen molar-refractivity contribution in [1.82, 2.24) is 14.9 Å². The van der Waals surface area contributed by atoms with Crippen LogP contribution in [0.15, 0.2) is 18.2 Å². The van der Waals surface area contributed by atoms with E-state index in [0.717, 1.165) is 76.8 Å². The Bertz CT molecular complexity index is 867. The van der Waals surface area contributed by atoms with Gasteiger partial charge in [0, 0.05) is 62.3 Å². The van der Waals surface area contributed by atoms with Gasteiger partial charge in [0.05, 0.1) is 11.4 Å². The molecule has 1 unspecified atom stereocenters. The number of nitrogens with zero attached hydrogens (tertiary/aromatic N) is 3. The summed E-state index contributed by atoms with van der Waals surface area (Å²) in [5, 5.41) is 7.82. The van der Waals surface area contributed by atoms with Gasteiger partial charge >= 0.3 is 0 Å². The number of nitrogen functional groups attached to an aromatic ring is 1. The van der Waals surface area contributed by atoms with Gasteiger partial charge in [0.1, 0.15) is 5.82 Å². The molecule has 0 aliphatic carbocycles. The van der Waals surface area contributed by atoms with Crippen molar-refractivity contribution in [3.05, 3.63) is 29.7 Å². The minimum absolute atomic E-state index is 0.391. The van der Waals surface area contributed by atoms with Gasteiger partial charge in [-0.3, -0.25) is 4.90 Å². The maximum atomic E-state index is 7.82. The Hall–Kier alpha value is -1.91. The lowest BCUT2D eigenvalue weighted by molar-refractivity contribution is 0.185. The number of benzene rings is 1. The molecule has 4 N–H and O–H groups in total. The number of nitrogens with two attached hydrogens (primary N) is 1. The summed E-state index contributed by atoms with van der Waals surface area (Å²) in [5.74, 6) is 0.934. The minimum Gasteiger partial charge on any atom is -0.398 e.